The van der Waals surface area contributed by atoms with E-state index in [4.69, 9.17) is 23.2 Å². The van der Waals surface area contributed by atoms with E-state index in [-0.39, 0.29) is 33.1 Å². The lowest BCUT2D eigenvalue weighted by molar-refractivity contribution is 0.102. The average molecular weight is 635 g/mol. The predicted octanol–water partition coefficient (Wildman–Crippen LogP) is 5.42. The Morgan fingerprint density at radius 2 is 1.49 bits per heavy atom. The monoisotopic (exact) mass is 633 g/mol. The van der Waals surface area contributed by atoms with Crippen molar-refractivity contribution in [3.8, 4) is 0 Å². The van der Waals surface area contributed by atoms with Crippen LogP contribution in [0.1, 0.15) is 27.3 Å². The van der Waals surface area contributed by atoms with Crippen LogP contribution in [0.4, 0.5) is 17.3 Å². The lowest BCUT2D eigenvalue weighted by Gasteiger charge is -2.24. The van der Waals surface area contributed by atoms with E-state index in [9.17, 15) is 21.6 Å². The van der Waals surface area contributed by atoms with Crippen molar-refractivity contribution in [1.82, 2.24) is 9.97 Å². The van der Waals surface area contributed by atoms with Gasteiger partial charge in [0.15, 0.2) is 0 Å². The van der Waals surface area contributed by atoms with E-state index < -0.39 is 26.0 Å². The Balaban J connectivity index is 1.44. The van der Waals surface area contributed by atoms with Crippen molar-refractivity contribution in [2.24, 2.45) is 0 Å². The molecule has 41 heavy (non-hydrogen) atoms. The summed E-state index contributed by atoms with van der Waals surface area (Å²) in [7, 11) is -7.65. The molecule has 1 amide bonds. The number of nitrogens with one attached hydrogen (secondary N) is 2. The van der Waals surface area contributed by atoms with Crippen LogP contribution in [0.5, 0.6) is 0 Å². The van der Waals surface area contributed by atoms with Gasteiger partial charge < -0.3 is 5.32 Å². The van der Waals surface area contributed by atoms with Crippen LogP contribution in [0.25, 0.3) is 0 Å². The molecular weight excluding hydrogens is 609 g/mol. The van der Waals surface area contributed by atoms with Gasteiger partial charge in [-0.3, -0.25) is 9.10 Å². The van der Waals surface area contributed by atoms with Crippen LogP contribution in [0.2, 0.25) is 10.0 Å². The maximum atomic E-state index is 12.8. The molecule has 2 N–H and O–H groups in total. The third kappa shape index (κ3) is 7.53. The Morgan fingerprint density at radius 1 is 0.878 bits per heavy atom. The molecule has 4 rings (SSSR count). The second-order valence-corrected chi connectivity index (χ2v) is 13.5. The summed E-state index contributed by atoms with van der Waals surface area (Å²) in [6, 6.07) is 18.4. The van der Waals surface area contributed by atoms with Gasteiger partial charge in [0.2, 0.25) is 16.0 Å². The number of rotatable bonds is 9. The van der Waals surface area contributed by atoms with Crippen molar-refractivity contribution in [3.63, 3.8) is 0 Å². The first kappa shape index (κ1) is 30.3. The van der Waals surface area contributed by atoms with E-state index in [0.717, 1.165) is 10.6 Å². The quantitative estimate of drug-likeness (QED) is 0.251. The second-order valence-electron chi connectivity index (χ2n) is 9.10. The zero-order chi connectivity index (χ0) is 29.9. The number of halogens is 2. The summed E-state index contributed by atoms with van der Waals surface area (Å²) >= 11 is 12.3. The van der Waals surface area contributed by atoms with Gasteiger partial charge in [-0.25, -0.2) is 31.5 Å². The van der Waals surface area contributed by atoms with E-state index in [0.29, 0.717) is 28.2 Å². The number of sulfonamides is 2. The standard InChI is InChI=1S/C27H25Cl2N5O5S2/c1-17-15-18(2)31-27(30-17)33-41(38,39)22-13-11-21(12-14-22)32-26(35)20-9-7-19(8-10-20)16-34(40(3,36)37)24-6-4-5-23(28)25(24)29/h4-15H,16H2,1-3H3,(H,32,35)(H,30,31,33). The molecule has 0 spiro atoms. The van der Waals surface area contributed by atoms with E-state index in [1.54, 1.807) is 62.4 Å². The number of benzene rings is 3. The highest BCUT2D eigenvalue weighted by Crippen LogP contribution is 2.34. The van der Waals surface area contributed by atoms with E-state index in [2.05, 4.69) is 20.0 Å². The molecule has 0 aliphatic heterocycles. The van der Waals surface area contributed by atoms with Gasteiger partial charge in [-0.2, -0.15) is 0 Å². The van der Waals surface area contributed by atoms with E-state index >= 15 is 0 Å². The fourth-order valence-electron chi connectivity index (χ4n) is 3.86. The fourth-order valence-corrected chi connectivity index (χ4v) is 6.15. The summed E-state index contributed by atoms with van der Waals surface area (Å²) in [6.45, 7) is 3.44. The van der Waals surface area contributed by atoms with Crippen molar-refractivity contribution < 1.29 is 21.6 Å². The third-order valence-electron chi connectivity index (χ3n) is 5.77. The highest BCUT2D eigenvalue weighted by molar-refractivity contribution is 7.92. The predicted molar refractivity (Wildman–Crippen MR) is 161 cm³/mol. The highest BCUT2D eigenvalue weighted by Gasteiger charge is 2.22. The van der Waals surface area contributed by atoms with Gasteiger partial charge in [0.25, 0.3) is 15.9 Å². The summed E-state index contributed by atoms with van der Waals surface area (Å²) in [6.07, 6.45) is 1.07. The largest absolute Gasteiger partial charge is 0.322 e. The lowest BCUT2D eigenvalue weighted by Crippen LogP contribution is -2.29. The first-order valence-corrected chi connectivity index (χ1v) is 16.1. The van der Waals surface area contributed by atoms with Gasteiger partial charge in [0.05, 0.1) is 33.4 Å². The van der Waals surface area contributed by atoms with Gasteiger partial charge in [-0.05, 0) is 74.0 Å². The van der Waals surface area contributed by atoms with Crippen LogP contribution >= 0.6 is 23.2 Å². The minimum atomic E-state index is -3.94. The molecule has 0 aliphatic carbocycles. The highest BCUT2D eigenvalue weighted by atomic mass is 35.5. The molecule has 1 heterocycles. The molecule has 0 aliphatic rings. The zero-order valence-electron chi connectivity index (χ0n) is 22.1. The minimum Gasteiger partial charge on any atom is -0.322 e. The number of aromatic nitrogens is 2. The summed E-state index contributed by atoms with van der Waals surface area (Å²) in [5.41, 5.74) is 2.79. The molecule has 14 heteroatoms. The molecule has 3 aromatic carbocycles. The van der Waals surface area contributed by atoms with Crippen LogP contribution in [0.3, 0.4) is 0 Å². The molecule has 1 aromatic heterocycles. The number of carbonyl (C=O) groups is 1. The molecule has 0 atom stereocenters. The summed E-state index contributed by atoms with van der Waals surface area (Å²) in [4.78, 5) is 21.0. The fraction of sp³-hybridized carbons (Fsp3) is 0.148. The van der Waals surface area contributed by atoms with Crippen LogP contribution in [0.15, 0.2) is 77.7 Å². The minimum absolute atomic E-state index is 0.0290. The molecule has 0 radical (unpaired) electrons. The summed E-state index contributed by atoms with van der Waals surface area (Å²) in [5.74, 6) is -0.467. The molecule has 0 saturated carbocycles. The number of hydrogen-bond acceptors (Lipinski definition) is 7. The van der Waals surface area contributed by atoms with Crippen molar-refractivity contribution in [2.45, 2.75) is 25.3 Å². The smallest absolute Gasteiger partial charge is 0.264 e. The molecule has 0 unspecified atom stereocenters. The Labute approximate surface area is 248 Å². The Kier molecular flexibility index (Phi) is 8.88. The second kappa shape index (κ2) is 12.0. The van der Waals surface area contributed by atoms with Gasteiger partial charge >= 0.3 is 0 Å². The van der Waals surface area contributed by atoms with E-state index in [1.807, 2.05) is 0 Å². The van der Waals surface area contributed by atoms with Crippen molar-refractivity contribution in [1.29, 1.82) is 0 Å². The number of aryl methyl sites for hydroxylation is 2. The van der Waals surface area contributed by atoms with Crippen LogP contribution in [-0.4, -0.2) is 39.0 Å². The maximum Gasteiger partial charge on any atom is 0.264 e. The molecule has 0 saturated heterocycles. The van der Waals surface area contributed by atoms with Crippen molar-refractivity contribution in [3.05, 3.63) is 105 Å². The molecule has 0 fully saturated rings. The van der Waals surface area contributed by atoms with Gasteiger partial charge in [0, 0.05) is 22.6 Å². The third-order valence-corrected chi connectivity index (χ3v) is 9.05. The first-order valence-electron chi connectivity index (χ1n) is 12.0. The molecule has 0 bridgehead atoms. The molecule has 214 valence electrons. The number of hydrogen-bond donors (Lipinski definition) is 2. The van der Waals surface area contributed by atoms with E-state index in [1.165, 1.54) is 24.3 Å². The molecule has 4 aromatic rings. The molecular formula is C27H25Cl2N5O5S2. The lowest BCUT2D eigenvalue weighted by atomic mass is 10.1. The Morgan fingerprint density at radius 3 is 2.07 bits per heavy atom. The maximum absolute atomic E-state index is 12.8. The van der Waals surface area contributed by atoms with Gasteiger partial charge in [-0.15, -0.1) is 0 Å². The van der Waals surface area contributed by atoms with Crippen molar-refractivity contribution >= 4 is 66.5 Å². The Bertz CT molecular complexity index is 1800. The number of nitrogens with zero attached hydrogens (tertiary/aromatic N) is 3. The average Bonchev–Trinajstić information content (AvgIpc) is 2.88. The van der Waals surface area contributed by atoms with Crippen LogP contribution in [-0.2, 0) is 26.6 Å². The molecule has 10 nitrogen and oxygen atoms in total. The van der Waals surface area contributed by atoms with Crippen molar-refractivity contribution in [2.75, 3.05) is 20.6 Å². The summed E-state index contributed by atoms with van der Waals surface area (Å²) < 4.78 is 54.0. The van der Waals surface area contributed by atoms with Crippen LogP contribution in [0, 0.1) is 13.8 Å². The summed E-state index contributed by atoms with van der Waals surface area (Å²) in [5, 5.41) is 3.05. The van der Waals surface area contributed by atoms with Gasteiger partial charge in [0.1, 0.15) is 0 Å². The number of amides is 1. The van der Waals surface area contributed by atoms with Gasteiger partial charge in [-0.1, -0.05) is 41.4 Å². The first-order chi connectivity index (χ1) is 19.2. The Hall–Kier alpha value is -3.71. The van der Waals surface area contributed by atoms with Crippen LogP contribution < -0.4 is 14.3 Å². The normalized spacial score (nSPS) is 11.6. The topological polar surface area (TPSA) is 138 Å². The zero-order valence-corrected chi connectivity index (χ0v) is 25.2. The number of carbonyl (C=O) groups excluding carboxylic acids is 1. The number of anilines is 3. The SMILES string of the molecule is Cc1cc(C)nc(NS(=O)(=O)c2ccc(NC(=O)c3ccc(CN(c4cccc(Cl)c4Cl)S(C)(=O)=O)cc3)cc2)n1.